The van der Waals surface area contributed by atoms with Crippen molar-refractivity contribution >= 4 is 5.91 Å². The van der Waals surface area contributed by atoms with Gasteiger partial charge in [-0.3, -0.25) is 4.79 Å². The van der Waals surface area contributed by atoms with E-state index < -0.39 is 5.82 Å². The summed E-state index contributed by atoms with van der Waals surface area (Å²) in [6.07, 6.45) is 2.90. The van der Waals surface area contributed by atoms with Gasteiger partial charge in [-0.05, 0) is 37.5 Å². The number of hydrogen-bond donors (Lipinski definition) is 0. The molecule has 0 unspecified atom stereocenters. The Balaban J connectivity index is 1.80. The Labute approximate surface area is 141 Å². The molecule has 0 radical (unpaired) electrons. The molecule has 2 aliphatic rings. The third-order valence-electron chi connectivity index (χ3n) is 5.11. The quantitative estimate of drug-likeness (QED) is 0.847. The van der Waals surface area contributed by atoms with Crippen molar-refractivity contribution in [2.24, 2.45) is 5.41 Å². The second-order valence-corrected chi connectivity index (χ2v) is 6.62. The Morgan fingerprint density at radius 2 is 2.29 bits per heavy atom. The van der Waals surface area contributed by atoms with E-state index in [1.165, 1.54) is 25.3 Å². The molecule has 5 nitrogen and oxygen atoms in total. The maximum atomic E-state index is 13.6. The standard InChI is InChI=1S/C18H24FNO4/c1-22-12-18-7-3-9-24-16(18)6-8-20(11-18)17(21)13-4-5-14(19)15(10-13)23-2/h4-5,10,16H,3,6-9,11-12H2,1-2H3/t16-,18-/m1/s1. The summed E-state index contributed by atoms with van der Waals surface area (Å²) in [4.78, 5) is 14.7. The molecule has 0 aliphatic carbocycles. The van der Waals surface area contributed by atoms with Gasteiger partial charge in [0.25, 0.3) is 5.91 Å². The lowest BCUT2D eigenvalue weighted by molar-refractivity contribution is -0.142. The zero-order chi connectivity index (χ0) is 17.2. The van der Waals surface area contributed by atoms with Crippen LogP contribution in [-0.2, 0) is 9.47 Å². The third-order valence-corrected chi connectivity index (χ3v) is 5.11. The molecule has 3 rings (SSSR count). The van der Waals surface area contributed by atoms with Crippen LogP contribution in [0, 0.1) is 11.2 Å². The van der Waals surface area contributed by atoms with Crippen molar-refractivity contribution in [3.05, 3.63) is 29.6 Å². The van der Waals surface area contributed by atoms with E-state index in [4.69, 9.17) is 14.2 Å². The summed E-state index contributed by atoms with van der Waals surface area (Å²) in [7, 11) is 3.08. The van der Waals surface area contributed by atoms with Gasteiger partial charge in [-0.25, -0.2) is 4.39 Å². The van der Waals surface area contributed by atoms with Gasteiger partial charge in [-0.2, -0.15) is 0 Å². The van der Waals surface area contributed by atoms with Crippen LogP contribution in [-0.4, -0.2) is 57.4 Å². The predicted octanol–water partition coefficient (Wildman–Crippen LogP) is 2.49. The van der Waals surface area contributed by atoms with Gasteiger partial charge in [-0.15, -0.1) is 0 Å². The average molecular weight is 337 g/mol. The summed E-state index contributed by atoms with van der Waals surface area (Å²) in [6, 6.07) is 4.24. The summed E-state index contributed by atoms with van der Waals surface area (Å²) in [6.45, 7) is 2.59. The van der Waals surface area contributed by atoms with E-state index in [1.54, 1.807) is 7.11 Å². The highest BCUT2D eigenvalue weighted by Crippen LogP contribution is 2.40. The molecule has 2 aliphatic heterocycles. The molecule has 2 heterocycles. The van der Waals surface area contributed by atoms with Crippen LogP contribution in [0.25, 0.3) is 0 Å². The lowest BCUT2D eigenvalue weighted by atomic mass is 9.73. The molecule has 6 heteroatoms. The Morgan fingerprint density at radius 3 is 3.04 bits per heavy atom. The number of carbonyl (C=O) groups excluding carboxylic acids is 1. The molecule has 2 atom stereocenters. The van der Waals surface area contributed by atoms with Gasteiger partial charge in [0.05, 0.1) is 19.8 Å². The highest BCUT2D eigenvalue weighted by atomic mass is 19.1. The van der Waals surface area contributed by atoms with E-state index in [9.17, 15) is 9.18 Å². The summed E-state index contributed by atoms with van der Waals surface area (Å²) >= 11 is 0. The van der Waals surface area contributed by atoms with E-state index >= 15 is 0 Å². The molecule has 132 valence electrons. The van der Waals surface area contributed by atoms with Crippen LogP contribution in [0.2, 0.25) is 0 Å². The Morgan fingerprint density at radius 1 is 1.46 bits per heavy atom. The molecular formula is C18H24FNO4. The predicted molar refractivity (Wildman–Crippen MR) is 86.8 cm³/mol. The summed E-state index contributed by atoms with van der Waals surface area (Å²) in [5, 5.41) is 0. The molecule has 0 spiro atoms. The van der Waals surface area contributed by atoms with Crippen LogP contribution < -0.4 is 4.74 Å². The van der Waals surface area contributed by atoms with Gasteiger partial charge < -0.3 is 19.1 Å². The zero-order valence-corrected chi connectivity index (χ0v) is 14.2. The van der Waals surface area contributed by atoms with Gasteiger partial charge in [0, 0.05) is 37.8 Å². The maximum Gasteiger partial charge on any atom is 0.254 e. The number of amides is 1. The van der Waals surface area contributed by atoms with E-state index in [0.717, 1.165) is 25.9 Å². The smallest absolute Gasteiger partial charge is 0.254 e. The normalized spacial score (nSPS) is 26.8. The Kier molecular flexibility index (Phi) is 5.06. The first-order chi connectivity index (χ1) is 11.6. The van der Waals surface area contributed by atoms with Crippen molar-refractivity contribution in [3.8, 4) is 5.75 Å². The largest absolute Gasteiger partial charge is 0.494 e. The fraction of sp³-hybridized carbons (Fsp3) is 0.611. The van der Waals surface area contributed by atoms with Gasteiger partial charge in [0.2, 0.25) is 0 Å². The fourth-order valence-corrected chi connectivity index (χ4v) is 3.94. The molecule has 0 aromatic heterocycles. The lowest BCUT2D eigenvalue weighted by Crippen LogP contribution is -2.58. The van der Waals surface area contributed by atoms with E-state index in [-0.39, 0.29) is 23.2 Å². The number of carbonyl (C=O) groups is 1. The number of rotatable bonds is 4. The topological polar surface area (TPSA) is 48.0 Å². The lowest BCUT2D eigenvalue weighted by Gasteiger charge is -2.50. The van der Waals surface area contributed by atoms with Gasteiger partial charge >= 0.3 is 0 Å². The van der Waals surface area contributed by atoms with E-state index in [2.05, 4.69) is 0 Å². The van der Waals surface area contributed by atoms with Crippen molar-refractivity contribution in [2.75, 3.05) is 40.5 Å². The van der Waals surface area contributed by atoms with Gasteiger partial charge in [0.15, 0.2) is 11.6 Å². The SMILES string of the molecule is COC[C@]12CCCO[C@@H]1CCN(C(=O)c1ccc(F)c(OC)c1)C2. The monoisotopic (exact) mass is 337 g/mol. The molecular weight excluding hydrogens is 313 g/mol. The Bertz CT molecular complexity index is 605. The first-order valence-corrected chi connectivity index (χ1v) is 8.33. The highest BCUT2D eigenvalue weighted by Gasteiger charge is 2.47. The average Bonchev–Trinajstić information content (AvgIpc) is 2.61. The Hall–Kier alpha value is -1.66. The van der Waals surface area contributed by atoms with Crippen LogP contribution in [0.15, 0.2) is 18.2 Å². The first-order valence-electron chi connectivity index (χ1n) is 8.33. The third kappa shape index (κ3) is 3.13. The number of fused-ring (bicyclic) bond motifs is 1. The molecule has 0 saturated carbocycles. The molecule has 2 saturated heterocycles. The number of halogens is 1. The van der Waals surface area contributed by atoms with Crippen LogP contribution in [0.4, 0.5) is 4.39 Å². The molecule has 2 fully saturated rings. The number of ether oxygens (including phenoxy) is 3. The minimum Gasteiger partial charge on any atom is -0.494 e. The van der Waals surface area contributed by atoms with Crippen LogP contribution in [0.1, 0.15) is 29.6 Å². The van der Waals surface area contributed by atoms with Crippen LogP contribution >= 0.6 is 0 Å². The van der Waals surface area contributed by atoms with Crippen molar-refractivity contribution in [3.63, 3.8) is 0 Å². The molecule has 24 heavy (non-hydrogen) atoms. The molecule has 1 amide bonds. The van der Waals surface area contributed by atoms with Gasteiger partial charge in [-0.1, -0.05) is 0 Å². The van der Waals surface area contributed by atoms with Crippen molar-refractivity contribution in [1.82, 2.24) is 4.90 Å². The number of nitrogens with zero attached hydrogens (tertiary/aromatic N) is 1. The fourth-order valence-electron chi connectivity index (χ4n) is 3.94. The number of piperidine rings is 1. The molecule has 0 N–H and O–H groups in total. The van der Waals surface area contributed by atoms with E-state index in [0.29, 0.717) is 25.3 Å². The number of likely N-dealkylation sites (tertiary alicyclic amines) is 1. The molecule has 0 bridgehead atoms. The summed E-state index contributed by atoms with van der Waals surface area (Å²) < 4.78 is 29.9. The highest BCUT2D eigenvalue weighted by molar-refractivity contribution is 5.94. The number of hydrogen-bond acceptors (Lipinski definition) is 4. The minimum absolute atomic E-state index is 0.0864. The zero-order valence-electron chi connectivity index (χ0n) is 14.2. The molecule has 1 aromatic rings. The van der Waals surface area contributed by atoms with Crippen molar-refractivity contribution in [1.29, 1.82) is 0 Å². The first kappa shape index (κ1) is 17.2. The van der Waals surface area contributed by atoms with Gasteiger partial charge in [0.1, 0.15) is 0 Å². The molecule has 1 aromatic carbocycles. The van der Waals surface area contributed by atoms with Crippen molar-refractivity contribution < 1.29 is 23.4 Å². The number of methoxy groups -OCH3 is 2. The second kappa shape index (κ2) is 7.07. The van der Waals surface area contributed by atoms with Crippen LogP contribution in [0.3, 0.4) is 0 Å². The maximum absolute atomic E-state index is 13.6. The number of benzene rings is 1. The van der Waals surface area contributed by atoms with Crippen molar-refractivity contribution in [2.45, 2.75) is 25.4 Å². The minimum atomic E-state index is -0.468. The second-order valence-electron chi connectivity index (χ2n) is 6.62. The summed E-state index contributed by atoms with van der Waals surface area (Å²) in [5.41, 5.74) is 0.293. The van der Waals surface area contributed by atoms with Crippen LogP contribution in [0.5, 0.6) is 5.75 Å². The van der Waals surface area contributed by atoms with E-state index in [1.807, 2.05) is 4.90 Å². The summed E-state index contributed by atoms with van der Waals surface area (Å²) in [5.74, 6) is -0.486.